The summed E-state index contributed by atoms with van der Waals surface area (Å²) in [7, 11) is 0. The second kappa shape index (κ2) is 21.2. The van der Waals surface area contributed by atoms with Crippen LogP contribution in [0.15, 0.2) is 24.3 Å². The Bertz CT molecular complexity index is 655. The maximum absolute atomic E-state index is 12.6. The van der Waals surface area contributed by atoms with Gasteiger partial charge in [0, 0.05) is 13.1 Å². The summed E-state index contributed by atoms with van der Waals surface area (Å²) < 4.78 is 11.1. The van der Waals surface area contributed by atoms with Crippen LogP contribution in [0.5, 0.6) is 0 Å². The maximum atomic E-state index is 12.6. The number of rotatable bonds is 22. The number of carbonyl (C=O) groups is 2. The van der Waals surface area contributed by atoms with Gasteiger partial charge in [0.1, 0.15) is 13.5 Å². The molecule has 0 saturated carbocycles. The van der Waals surface area contributed by atoms with E-state index in [-0.39, 0.29) is 13.5 Å². The zero-order valence-electron chi connectivity index (χ0n) is 23.6. The molecule has 206 valence electrons. The molecule has 0 saturated heterocycles. The van der Waals surface area contributed by atoms with E-state index in [9.17, 15) is 9.59 Å². The molecule has 0 N–H and O–H groups in total. The zero-order chi connectivity index (χ0) is 26.4. The number of ether oxygens (including phenoxy) is 2. The minimum Gasteiger partial charge on any atom is -0.446 e. The number of unbranched alkanes of at least 4 members (excludes halogenated alkanes) is 10. The predicted molar refractivity (Wildman–Crippen MR) is 148 cm³/mol. The lowest BCUT2D eigenvalue weighted by Crippen LogP contribution is -2.29. The Morgan fingerprint density at radius 3 is 1.39 bits per heavy atom. The third-order valence-electron chi connectivity index (χ3n) is 6.64. The van der Waals surface area contributed by atoms with E-state index >= 15 is 0 Å². The van der Waals surface area contributed by atoms with E-state index in [0.717, 1.165) is 39.0 Å². The summed E-state index contributed by atoms with van der Waals surface area (Å²) in [4.78, 5) is 29.5. The fraction of sp³-hybridized carbons (Fsp3) is 0.733. The first kappa shape index (κ1) is 32.1. The largest absolute Gasteiger partial charge is 0.446 e. The van der Waals surface area contributed by atoms with Gasteiger partial charge < -0.3 is 9.47 Å². The number of nitrogens with zero attached hydrogens (tertiary/aromatic N) is 2. The molecule has 0 amide bonds. The van der Waals surface area contributed by atoms with Crippen molar-refractivity contribution in [1.82, 2.24) is 9.80 Å². The molecule has 0 bridgehead atoms. The molecular weight excluding hydrogens is 452 g/mol. The van der Waals surface area contributed by atoms with Gasteiger partial charge in [-0.15, -0.1) is 0 Å². The van der Waals surface area contributed by atoms with E-state index in [2.05, 4.69) is 37.5 Å². The van der Waals surface area contributed by atoms with Crippen LogP contribution in [-0.4, -0.2) is 61.4 Å². The standard InChI is InChI=1S/C30H52N2O4/c1-5-9-11-13-15-17-22-31(7-3)25-35-29(33)27-20-19-21-28(24-27)30(34)36-26-32(8-4)23-18-16-14-12-10-6-2/h19-21,24H,5-18,22-23,25-26H2,1-4H3. The molecule has 0 aromatic heterocycles. The molecule has 36 heavy (non-hydrogen) atoms. The van der Waals surface area contributed by atoms with Crippen molar-refractivity contribution in [3.05, 3.63) is 35.4 Å². The third kappa shape index (κ3) is 14.6. The molecule has 0 aliphatic rings. The molecule has 0 aliphatic heterocycles. The average molecular weight is 505 g/mol. The maximum Gasteiger partial charge on any atom is 0.339 e. The lowest BCUT2D eigenvalue weighted by atomic mass is 10.1. The zero-order valence-corrected chi connectivity index (χ0v) is 23.6. The van der Waals surface area contributed by atoms with Crippen molar-refractivity contribution in [3.63, 3.8) is 0 Å². The summed E-state index contributed by atoms with van der Waals surface area (Å²) in [6, 6.07) is 6.63. The first-order chi connectivity index (χ1) is 17.5. The van der Waals surface area contributed by atoms with E-state index in [1.807, 2.05) is 0 Å². The highest BCUT2D eigenvalue weighted by Gasteiger charge is 2.15. The molecule has 1 aromatic carbocycles. The van der Waals surface area contributed by atoms with Crippen LogP contribution >= 0.6 is 0 Å². The molecule has 0 atom stereocenters. The van der Waals surface area contributed by atoms with Crippen molar-refractivity contribution >= 4 is 11.9 Å². The average Bonchev–Trinajstić information content (AvgIpc) is 2.91. The summed E-state index contributed by atoms with van der Waals surface area (Å²) >= 11 is 0. The Kier molecular flexibility index (Phi) is 18.9. The van der Waals surface area contributed by atoms with Crippen molar-refractivity contribution in [1.29, 1.82) is 0 Å². The molecule has 0 unspecified atom stereocenters. The molecule has 0 fully saturated rings. The number of carbonyl (C=O) groups excluding carboxylic acids is 2. The first-order valence-electron chi connectivity index (χ1n) is 14.4. The molecular formula is C30H52N2O4. The number of esters is 2. The third-order valence-corrected chi connectivity index (χ3v) is 6.64. The molecule has 6 heteroatoms. The van der Waals surface area contributed by atoms with E-state index in [0.29, 0.717) is 11.1 Å². The predicted octanol–water partition coefficient (Wildman–Crippen LogP) is 7.28. The van der Waals surface area contributed by atoms with Gasteiger partial charge in [-0.1, -0.05) is 98.0 Å². The van der Waals surface area contributed by atoms with Crippen molar-refractivity contribution in [2.45, 2.75) is 105 Å². The molecule has 6 nitrogen and oxygen atoms in total. The highest BCUT2D eigenvalue weighted by atomic mass is 16.5. The van der Waals surface area contributed by atoms with Gasteiger partial charge in [-0.05, 0) is 44.1 Å². The summed E-state index contributed by atoms with van der Waals surface area (Å²) in [5, 5.41) is 0. The van der Waals surface area contributed by atoms with E-state index in [4.69, 9.17) is 9.47 Å². The highest BCUT2D eigenvalue weighted by molar-refractivity contribution is 5.95. The van der Waals surface area contributed by atoms with Crippen LogP contribution in [0.25, 0.3) is 0 Å². The van der Waals surface area contributed by atoms with Crippen molar-refractivity contribution in [2.24, 2.45) is 0 Å². The van der Waals surface area contributed by atoms with Gasteiger partial charge >= 0.3 is 11.9 Å². The highest BCUT2D eigenvalue weighted by Crippen LogP contribution is 2.11. The van der Waals surface area contributed by atoms with E-state index < -0.39 is 11.9 Å². The van der Waals surface area contributed by atoms with Gasteiger partial charge in [-0.25, -0.2) is 9.59 Å². The Morgan fingerprint density at radius 2 is 1.00 bits per heavy atom. The molecule has 0 heterocycles. The summed E-state index contributed by atoms with van der Waals surface area (Å²) in [5.74, 6) is -0.825. The number of benzene rings is 1. The van der Waals surface area contributed by atoms with Crippen LogP contribution in [0.4, 0.5) is 0 Å². The topological polar surface area (TPSA) is 59.1 Å². The molecule has 1 rings (SSSR count). The summed E-state index contributed by atoms with van der Waals surface area (Å²) in [6.45, 7) is 12.7. The smallest absolute Gasteiger partial charge is 0.339 e. The molecule has 1 aromatic rings. The lowest BCUT2D eigenvalue weighted by Gasteiger charge is -2.20. The van der Waals surface area contributed by atoms with Crippen molar-refractivity contribution in [2.75, 3.05) is 39.6 Å². The van der Waals surface area contributed by atoms with Gasteiger partial charge in [0.15, 0.2) is 0 Å². The Morgan fingerprint density at radius 1 is 0.611 bits per heavy atom. The van der Waals surface area contributed by atoms with Crippen LogP contribution in [0.2, 0.25) is 0 Å². The number of hydrogen-bond acceptors (Lipinski definition) is 6. The van der Waals surface area contributed by atoms with Crippen molar-refractivity contribution < 1.29 is 19.1 Å². The molecule has 0 radical (unpaired) electrons. The monoisotopic (exact) mass is 504 g/mol. The first-order valence-corrected chi connectivity index (χ1v) is 14.4. The summed E-state index contributed by atoms with van der Waals surface area (Å²) in [5.41, 5.74) is 0.749. The van der Waals surface area contributed by atoms with E-state index in [1.165, 1.54) is 64.2 Å². The SMILES string of the molecule is CCCCCCCCN(CC)COC(=O)c1cccc(C(=O)OCN(CC)CCCCCCCC)c1. The fourth-order valence-electron chi connectivity index (χ4n) is 4.10. The Hall–Kier alpha value is -1.92. The van der Waals surface area contributed by atoms with Gasteiger partial charge in [-0.3, -0.25) is 9.80 Å². The van der Waals surface area contributed by atoms with Crippen molar-refractivity contribution in [3.8, 4) is 0 Å². The van der Waals surface area contributed by atoms with Crippen LogP contribution in [0.1, 0.15) is 125 Å². The van der Waals surface area contributed by atoms with Gasteiger partial charge in [0.25, 0.3) is 0 Å². The normalized spacial score (nSPS) is 11.3. The minimum atomic E-state index is -0.413. The second-order valence-corrected chi connectivity index (χ2v) is 9.66. The second-order valence-electron chi connectivity index (χ2n) is 9.66. The van der Waals surface area contributed by atoms with Gasteiger partial charge in [0.05, 0.1) is 11.1 Å². The summed E-state index contributed by atoms with van der Waals surface area (Å²) in [6.07, 6.45) is 14.9. The Balaban J connectivity index is 2.42. The van der Waals surface area contributed by atoms with Crippen LogP contribution in [0, 0.1) is 0 Å². The van der Waals surface area contributed by atoms with Gasteiger partial charge in [-0.2, -0.15) is 0 Å². The quantitative estimate of drug-likeness (QED) is 0.0939. The fourth-order valence-corrected chi connectivity index (χ4v) is 4.10. The minimum absolute atomic E-state index is 0.267. The molecule has 0 spiro atoms. The lowest BCUT2D eigenvalue weighted by molar-refractivity contribution is 0.0222. The molecule has 0 aliphatic carbocycles. The van der Waals surface area contributed by atoms with Crippen LogP contribution < -0.4 is 0 Å². The van der Waals surface area contributed by atoms with Crippen LogP contribution in [0.3, 0.4) is 0 Å². The Labute approximate surface area is 220 Å². The van der Waals surface area contributed by atoms with Crippen LogP contribution in [-0.2, 0) is 9.47 Å². The van der Waals surface area contributed by atoms with Gasteiger partial charge in [0.2, 0.25) is 0 Å². The van der Waals surface area contributed by atoms with E-state index in [1.54, 1.807) is 24.3 Å². The number of hydrogen-bond donors (Lipinski definition) is 0.